The highest BCUT2D eigenvalue weighted by Crippen LogP contribution is 2.47. The van der Waals surface area contributed by atoms with Crippen molar-refractivity contribution in [3.63, 3.8) is 0 Å². The van der Waals surface area contributed by atoms with Gasteiger partial charge in [0.05, 0.1) is 37.0 Å². The summed E-state index contributed by atoms with van der Waals surface area (Å²) in [5.74, 6) is -0.00942. The summed E-state index contributed by atoms with van der Waals surface area (Å²) < 4.78 is 20.3. The maximum atomic E-state index is 14.8. The van der Waals surface area contributed by atoms with Crippen molar-refractivity contribution in [3.8, 4) is 11.3 Å². The van der Waals surface area contributed by atoms with Gasteiger partial charge in [0.15, 0.2) is 5.82 Å². The Morgan fingerprint density at radius 1 is 1.17 bits per heavy atom. The molecule has 1 aliphatic carbocycles. The van der Waals surface area contributed by atoms with Crippen molar-refractivity contribution >= 4 is 11.0 Å². The van der Waals surface area contributed by atoms with E-state index in [0.29, 0.717) is 23.7 Å². The number of fused-ring (bicyclic) bond motifs is 1. The average molecular weight is 396 g/mol. The first-order valence-corrected chi connectivity index (χ1v) is 10.2. The maximum absolute atomic E-state index is 14.8. The summed E-state index contributed by atoms with van der Waals surface area (Å²) in [7, 11) is 0. The van der Waals surface area contributed by atoms with Crippen LogP contribution in [0.25, 0.3) is 22.3 Å². The van der Waals surface area contributed by atoms with Gasteiger partial charge in [-0.1, -0.05) is 24.3 Å². The molecule has 1 saturated heterocycles. The third kappa shape index (κ3) is 3.45. The summed E-state index contributed by atoms with van der Waals surface area (Å²) in [6.07, 6.45) is 3.55. The van der Waals surface area contributed by atoms with Crippen LogP contribution in [0, 0.1) is 11.7 Å². The first-order valence-electron chi connectivity index (χ1n) is 10.2. The van der Waals surface area contributed by atoms with Gasteiger partial charge < -0.3 is 19.9 Å². The summed E-state index contributed by atoms with van der Waals surface area (Å²) >= 11 is 0. The third-order valence-electron chi connectivity index (χ3n) is 6.41. The molecule has 1 saturated carbocycles. The fourth-order valence-electron chi connectivity index (χ4n) is 4.43. The summed E-state index contributed by atoms with van der Waals surface area (Å²) in [5.41, 5.74) is 4.52. The lowest BCUT2D eigenvalue weighted by molar-refractivity contribution is 0.0573. The average Bonchev–Trinajstić information content (AvgIpc) is 3.25. The molecule has 5 rings (SSSR count). The molecular formula is C23H25FN2O3. The molecule has 3 aromatic rings. The lowest BCUT2D eigenvalue weighted by Gasteiger charge is -2.12. The molecule has 152 valence electrons. The number of halogens is 1. The molecule has 2 unspecified atom stereocenters. The number of pyridine rings is 1. The van der Waals surface area contributed by atoms with Gasteiger partial charge in [-0.25, -0.2) is 9.37 Å². The van der Waals surface area contributed by atoms with Crippen molar-refractivity contribution in [1.82, 2.24) is 9.97 Å². The minimum Gasteiger partial charge on any atom is -0.395 e. The number of aromatic amines is 1. The summed E-state index contributed by atoms with van der Waals surface area (Å²) in [5, 5.41) is 18.8. The zero-order valence-corrected chi connectivity index (χ0v) is 16.2. The van der Waals surface area contributed by atoms with Gasteiger partial charge in [-0.3, -0.25) is 0 Å². The Kier molecular flexibility index (Phi) is 4.65. The van der Waals surface area contributed by atoms with Crippen molar-refractivity contribution in [2.24, 2.45) is 5.92 Å². The van der Waals surface area contributed by atoms with E-state index in [2.05, 4.69) is 9.97 Å². The van der Waals surface area contributed by atoms with E-state index in [0.717, 1.165) is 48.0 Å². The van der Waals surface area contributed by atoms with E-state index >= 15 is 0 Å². The number of nitrogens with one attached hydrogen (secondary N) is 1. The maximum Gasteiger partial charge on any atom is 0.151 e. The van der Waals surface area contributed by atoms with E-state index in [9.17, 15) is 14.6 Å². The number of ether oxygens (including phenoxy) is 1. The lowest BCUT2D eigenvalue weighted by Crippen LogP contribution is -2.11. The second-order valence-electron chi connectivity index (χ2n) is 8.51. The molecule has 3 heterocycles. The van der Waals surface area contributed by atoms with Gasteiger partial charge in [-0.2, -0.15) is 0 Å². The molecule has 0 bridgehead atoms. The number of aliphatic hydroxyl groups is 2. The van der Waals surface area contributed by atoms with Crippen molar-refractivity contribution in [1.29, 1.82) is 0 Å². The Balaban J connectivity index is 1.39. The molecule has 2 aliphatic rings. The summed E-state index contributed by atoms with van der Waals surface area (Å²) in [4.78, 5) is 7.84. The molecule has 3 N–H and O–H groups in total. The monoisotopic (exact) mass is 396 g/mol. The third-order valence-corrected chi connectivity index (χ3v) is 6.41. The number of hydrogen-bond acceptors (Lipinski definition) is 4. The highest BCUT2D eigenvalue weighted by Gasteiger charge is 2.43. The normalized spacial score (nSPS) is 23.0. The number of aliphatic hydroxyl groups excluding tert-OH is 2. The fraction of sp³-hybridized carbons (Fsp3) is 0.435. The van der Waals surface area contributed by atoms with Gasteiger partial charge in [-0.15, -0.1) is 0 Å². The Morgan fingerprint density at radius 3 is 2.62 bits per heavy atom. The Labute approximate surface area is 168 Å². The van der Waals surface area contributed by atoms with Crippen LogP contribution in [0.3, 0.4) is 0 Å². The quantitative estimate of drug-likeness (QED) is 0.597. The van der Waals surface area contributed by atoms with Crippen molar-refractivity contribution in [2.75, 3.05) is 19.8 Å². The van der Waals surface area contributed by atoms with Crippen LogP contribution >= 0.6 is 0 Å². The molecule has 2 atom stereocenters. The molecule has 5 nitrogen and oxygen atoms in total. The van der Waals surface area contributed by atoms with Crippen LogP contribution in [0.2, 0.25) is 0 Å². The molecular weight excluding hydrogens is 371 g/mol. The SMILES string of the molecule is OCC1CC(Cc2cc3nc(-c4ccc(C5(CO)CC5)cc4)c(F)cc3[nH]2)CO1. The number of benzene rings is 1. The topological polar surface area (TPSA) is 78.4 Å². The Bertz CT molecular complexity index is 1030. The first kappa shape index (κ1) is 18.7. The van der Waals surface area contributed by atoms with Crippen LogP contribution in [-0.4, -0.2) is 46.1 Å². The smallest absolute Gasteiger partial charge is 0.151 e. The van der Waals surface area contributed by atoms with Gasteiger partial charge in [0.2, 0.25) is 0 Å². The molecule has 2 fully saturated rings. The molecule has 0 amide bonds. The lowest BCUT2D eigenvalue weighted by atomic mass is 9.95. The van der Waals surface area contributed by atoms with Gasteiger partial charge in [0.1, 0.15) is 5.69 Å². The van der Waals surface area contributed by atoms with E-state index in [1.165, 1.54) is 6.07 Å². The largest absolute Gasteiger partial charge is 0.395 e. The van der Waals surface area contributed by atoms with Crippen LogP contribution in [0.4, 0.5) is 4.39 Å². The predicted molar refractivity (Wildman–Crippen MR) is 108 cm³/mol. The molecule has 29 heavy (non-hydrogen) atoms. The van der Waals surface area contributed by atoms with Gasteiger partial charge >= 0.3 is 0 Å². The van der Waals surface area contributed by atoms with Crippen LogP contribution in [0.1, 0.15) is 30.5 Å². The van der Waals surface area contributed by atoms with Crippen LogP contribution < -0.4 is 0 Å². The van der Waals surface area contributed by atoms with Crippen molar-refractivity contribution in [2.45, 2.75) is 37.2 Å². The molecule has 6 heteroatoms. The van der Waals surface area contributed by atoms with E-state index in [1.54, 1.807) is 0 Å². The standard InChI is InChI=1S/C23H25FN2O3/c24-19-10-21-20(9-17(25-21)7-14-8-18(11-27)29-12-14)26-22(19)15-1-3-16(4-2-15)23(13-28)5-6-23/h1-4,9-10,14,18,25,27-28H,5-8,11-13H2. The fourth-order valence-corrected chi connectivity index (χ4v) is 4.43. The summed E-state index contributed by atoms with van der Waals surface area (Å²) in [6, 6.07) is 11.2. The summed E-state index contributed by atoms with van der Waals surface area (Å²) in [6.45, 7) is 0.842. The predicted octanol–water partition coefficient (Wildman–Crippen LogP) is 3.33. The van der Waals surface area contributed by atoms with Crippen LogP contribution in [0.15, 0.2) is 36.4 Å². The zero-order chi connectivity index (χ0) is 20.0. The minimum atomic E-state index is -0.355. The number of H-pyrrole nitrogens is 1. The highest BCUT2D eigenvalue weighted by molar-refractivity contribution is 5.80. The minimum absolute atomic E-state index is 0.0531. The second kappa shape index (κ2) is 7.20. The Morgan fingerprint density at radius 2 is 1.97 bits per heavy atom. The number of aromatic nitrogens is 2. The zero-order valence-electron chi connectivity index (χ0n) is 16.2. The molecule has 2 aromatic heterocycles. The van der Waals surface area contributed by atoms with E-state index in [1.807, 2.05) is 30.3 Å². The van der Waals surface area contributed by atoms with Crippen molar-refractivity contribution < 1.29 is 19.3 Å². The van der Waals surface area contributed by atoms with E-state index in [-0.39, 0.29) is 30.5 Å². The number of hydrogen-bond donors (Lipinski definition) is 3. The Hall–Kier alpha value is -2.28. The van der Waals surface area contributed by atoms with Crippen molar-refractivity contribution in [3.05, 3.63) is 53.5 Å². The molecule has 1 aromatic carbocycles. The van der Waals surface area contributed by atoms with Gasteiger partial charge in [-0.05, 0) is 43.2 Å². The van der Waals surface area contributed by atoms with Crippen LogP contribution in [0.5, 0.6) is 0 Å². The highest BCUT2D eigenvalue weighted by atomic mass is 19.1. The molecule has 0 spiro atoms. The molecule has 0 radical (unpaired) electrons. The number of rotatable bonds is 6. The second-order valence-corrected chi connectivity index (χ2v) is 8.51. The first-order chi connectivity index (χ1) is 14.1. The van der Waals surface area contributed by atoms with Crippen LogP contribution in [-0.2, 0) is 16.6 Å². The van der Waals surface area contributed by atoms with E-state index in [4.69, 9.17) is 4.74 Å². The van der Waals surface area contributed by atoms with Gasteiger partial charge in [0.25, 0.3) is 0 Å². The van der Waals surface area contributed by atoms with Gasteiger partial charge in [0, 0.05) is 22.7 Å². The number of nitrogens with zero attached hydrogens (tertiary/aromatic N) is 1. The van der Waals surface area contributed by atoms with E-state index < -0.39 is 0 Å². The molecule has 1 aliphatic heterocycles.